The van der Waals surface area contributed by atoms with Gasteiger partial charge in [-0.1, -0.05) is 38.2 Å². The molecule has 1 fully saturated rings. The molecule has 1 rings (SSSR count). The molecule has 0 saturated heterocycles. The van der Waals surface area contributed by atoms with E-state index in [1.54, 1.807) is 0 Å². The Labute approximate surface area is 80.8 Å². The Hall–Kier alpha value is -0.340. The van der Waals surface area contributed by atoms with E-state index in [4.69, 9.17) is 5.73 Å². The van der Waals surface area contributed by atoms with Gasteiger partial charge in [0.1, 0.15) is 0 Å². The Morgan fingerprint density at radius 2 is 2.00 bits per heavy atom. The lowest BCUT2D eigenvalue weighted by Crippen LogP contribution is -2.35. The molecule has 1 aliphatic rings. The van der Waals surface area contributed by atoms with Gasteiger partial charge in [-0.05, 0) is 12.3 Å². The van der Waals surface area contributed by atoms with Gasteiger partial charge in [0.25, 0.3) is 0 Å². The van der Waals surface area contributed by atoms with Crippen molar-refractivity contribution >= 4 is 0 Å². The van der Waals surface area contributed by atoms with Crippen LogP contribution in [0.5, 0.6) is 0 Å². The fraction of sp³-hybridized carbons (Fsp3) is 0.818. The molecule has 2 heteroatoms. The van der Waals surface area contributed by atoms with Gasteiger partial charge in [-0.25, -0.2) is 0 Å². The number of hydrogen-bond donors (Lipinski definition) is 2. The maximum atomic E-state index is 9.41. The van der Waals surface area contributed by atoms with Crippen LogP contribution in [0.4, 0.5) is 0 Å². The molecule has 0 bridgehead atoms. The third-order valence-corrected chi connectivity index (χ3v) is 3.01. The van der Waals surface area contributed by atoms with Gasteiger partial charge in [-0.2, -0.15) is 0 Å². The van der Waals surface area contributed by atoms with Gasteiger partial charge in [-0.15, -0.1) is 6.58 Å². The van der Waals surface area contributed by atoms with Crippen LogP contribution >= 0.6 is 0 Å². The summed E-state index contributed by atoms with van der Waals surface area (Å²) >= 11 is 0. The lowest BCUT2D eigenvalue weighted by Gasteiger charge is -2.25. The van der Waals surface area contributed by atoms with Crippen LogP contribution in [0.2, 0.25) is 0 Å². The largest absolute Gasteiger partial charge is 0.387 e. The smallest absolute Gasteiger partial charge is 0.0869 e. The lowest BCUT2D eigenvalue weighted by atomic mass is 9.84. The summed E-state index contributed by atoms with van der Waals surface area (Å²) in [5, 5.41) is 9.41. The summed E-state index contributed by atoms with van der Waals surface area (Å²) in [6, 6.07) is -0.111. The molecule has 0 aromatic carbocycles. The molecule has 13 heavy (non-hydrogen) atoms. The van der Waals surface area contributed by atoms with E-state index in [1.165, 1.54) is 38.2 Å². The Balaban J connectivity index is 2.25. The molecule has 2 nitrogen and oxygen atoms in total. The van der Waals surface area contributed by atoms with Crippen LogP contribution < -0.4 is 5.73 Å². The second-order valence-corrected chi connectivity index (χ2v) is 4.13. The SMILES string of the molecule is C=CC(O)C(N)CC1CCCCC1. The van der Waals surface area contributed by atoms with Crippen LogP contribution in [0.3, 0.4) is 0 Å². The Morgan fingerprint density at radius 3 is 2.54 bits per heavy atom. The summed E-state index contributed by atoms with van der Waals surface area (Å²) in [5.74, 6) is 0.735. The van der Waals surface area contributed by atoms with E-state index in [-0.39, 0.29) is 6.04 Å². The van der Waals surface area contributed by atoms with E-state index in [9.17, 15) is 5.11 Å². The van der Waals surface area contributed by atoms with Gasteiger partial charge in [0, 0.05) is 6.04 Å². The molecule has 1 saturated carbocycles. The maximum absolute atomic E-state index is 9.41. The first-order valence-electron chi connectivity index (χ1n) is 5.30. The van der Waals surface area contributed by atoms with Crippen molar-refractivity contribution in [2.75, 3.05) is 0 Å². The topological polar surface area (TPSA) is 46.2 Å². The van der Waals surface area contributed by atoms with E-state index >= 15 is 0 Å². The van der Waals surface area contributed by atoms with Crippen molar-refractivity contribution in [3.63, 3.8) is 0 Å². The monoisotopic (exact) mass is 183 g/mol. The van der Waals surface area contributed by atoms with Crippen LogP contribution in [0.25, 0.3) is 0 Å². The lowest BCUT2D eigenvalue weighted by molar-refractivity contribution is 0.167. The van der Waals surface area contributed by atoms with E-state index < -0.39 is 6.10 Å². The van der Waals surface area contributed by atoms with E-state index in [2.05, 4.69) is 6.58 Å². The molecule has 0 spiro atoms. The molecule has 76 valence electrons. The molecule has 2 atom stereocenters. The first-order chi connectivity index (χ1) is 6.24. The van der Waals surface area contributed by atoms with Gasteiger partial charge < -0.3 is 10.8 Å². The minimum atomic E-state index is -0.526. The fourth-order valence-corrected chi connectivity index (χ4v) is 2.12. The highest BCUT2D eigenvalue weighted by molar-refractivity contribution is 4.88. The van der Waals surface area contributed by atoms with Gasteiger partial charge in [0.05, 0.1) is 6.10 Å². The zero-order chi connectivity index (χ0) is 9.68. The summed E-state index contributed by atoms with van der Waals surface area (Å²) in [6.45, 7) is 3.54. The third kappa shape index (κ3) is 3.49. The molecule has 0 aromatic heterocycles. The number of aliphatic hydroxyl groups excluding tert-OH is 1. The van der Waals surface area contributed by atoms with Crippen molar-refractivity contribution in [3.8, 4) is 0 Å². The average molecular weight is 183 g/mol. The highest BCUT2D eigenvalue weighted by atomic mass is 16.3. The number of rotatable bonds is 4. The Bertz CT molecular complexity index is 152. The van der Waals surface area contributed by atoms with Crippen molar-refractivity contribution in [1.82, 2.24) is 0 Å². The first-order valence-corrected chi connectivity index (χ1v) is 5.30. The van der Waals surface area contributed by atoms with Crippen LogP contribution in [0.1, 0.15) is 38.5 Å². The zero-order valence-electron chi connectivity index (χ0n) is 8.28. The van der Waals surface area contributed by atoms with Gasteiger partial charge in [0.2, 0.25) is 0 Å². The van der Waals surface area contributed by atoms with Crippen molar-refractivity contribution in [2.24, 2.45) is 11.7 Å². The summed E-state index contributed by atoms with van der Waals surface area (Å²) in [6.07, 6.45) is 8.58. The maximum Gasteiger partial charge on any atom is 0.0869 e. The molecule has 0 aliphatic heterocycles. The molecule has 0 amide bonds. The second kappa shape index (κ2) is 5.40. The summed E-state index contributed by atoms with van der Waals surface area (Å²) < 4.78 is 0. The zero-order valence-corrected chi connectivity index (χ0v) is 8.28. The molecule has 1 aliphatic carbocycles. The van der Waals surface area contributed by atoms with Crippen LogP contribution in [-0.4, -0.2) is 17.3 Å². The number of nitrogens with two attached hydrogens (primary N) is 1. The first kappa shape index (κ1) is 10.7. The molecular formula is C11H21NO. The van der Waals surface area contributed by atoms with Crippen LogP contribution in [0.15, 0.2) is 12.7 Å². The molecule has 2 unspecified atom stereocenters. The van der Waals surface area contributed by atoms with Gasteiger partial charge in [-0.3, -0.25) is 0 Å². The molecule has 3 N–H and O–H groups in total. The molecule has 0 radical (unpaired) electrons. The summed E-state index contributed by atoms with van der Waals surface area (Å²) in [5.41, 5.74) is 5.84. The summed E-state index contributed by atoms with van der Waals surface area (Å²) in [4.78, 5) is 0. The average Bonchev–Trinajstić information content (AvgIpc) is 2.18. The minimum Gasteiger partial charge on any atom is -0.387 e. The Morgan fingerprint density at radius 1 is 1.38 bits per heavy atom. The van der Waals surface area contributed by atoms with Gasteiger partial charge >= 0.3 is 0 Å². The molecule has 0 heterocycles. The predicted molar refractivity (Wildman–Crippen MR) is 55.4 cm³/mol. The molecule has 0 aromatic rings. The minimum absolute atomic E-state index is 0.111. The number of hydrogen-bond acceptors (Lipinski definition) is 2. The van der Waals surface area contributed by atoms with E-state index in [1.807, 2.05) is 0 Å². The normalized spacial score (nSPS) is 23.8. The Kier molecular flexibility index (Phi) is 4.46. The fourth-order valence-electron chi connectivity index (χ4n) is 2.12. The van der Waals surface area contributed by atoms with Crippen molar-refractivity contribution in [1.29, 1.82) is 0 Å². The highest BCUT2D eigenvalue weighted by Gasteiger charge is 2.19. The summed E-state index contributed by atoms with van der Waals surface area (Å²) in [7, 11) is 0. The van der Waals surface area contributed by atoms with E-state index in [0.29, 0.717) is 0 Å². The standard InChI is InChI=1S/C11H21NO/c1-2-11(13)10(12)8-9-6-4-3-5-7-9/h2,9-11,13H,1,3-8,12H2. The van der Waals surface area contributed by atoms with Crippen molar-refractivity contribution in [2.45, 2.75) is 50.7 Å². The van der Waals surface area contributed by atoms with Gasteiger partial charge in [0.15, 0.2) is 0 Å². The predicted octanol–water partition coefficient (Wildman–Crippen LogP) is 1.83. The highest BCUT2D eigenvalue weighted by Crippen LogP contribution is 2.27. The van der Waals surface area contributed by atoms with Crippen molar-refractivity contribution < 1.29 is 5.11 Å². The quantitative estimate of drug-likeness (QED) is 0.653. The third-order valence-electron chi connectivity index (χ3n) is 3.01. The molecular weight excluding hydrogens is 162 g/mol. The van der Waals surface area contributed by atoms with Crippen LogP contribution in [-0.2, 0) is 0 Å². The number of aliphatic hydroxyl groups is 1. The van der Waals surface area contributed by atoms with Crippen molar-refractivity contribution in [3.05, 3.63) is 12.7 Å². The second-order valence-electron chi connectivity index (χ2n) is 4.13. The van der Waals surface area contributed by atoms with Crippen LogP contribution in [0, 0.1) is 5.92 Å². The van der Waals surface area contributed by atoms with E-state index in [0.717, 1.165) is 12.3 Å².